The van der Waals surface area contributed by atoms with E-state index in [0.717, 1.165) is 6.54 Å². The standard InChI is InChI=1S/C15H30N2O4/c1-14(2,3)21-13(18)17-8-6-15(19,7-9-17)12-16(4)10-11-20-5/h19H,6-12H2,1-5H3. The predicted molar refractivity (Wildman–Crippen MR) is 81.4 cm³/mol. The van der Waals surface area contributed by atoms with Crippen molar-refractivity contribution in [3.8, 4) is 0 Å². The van der Waals surface area contributed by atoms with Gasteiger partial charge >= 0.3 is 6.09 Å². The molecular weight excluding hydrogens is 272 g/mol. The van der Waals surface area contributed by atoms with Crippen molar-refractivity contribution in [2.24, 2.45) is 0 Å². The van der Waals surface area contributed by atoms with Crippen molar-refractivity contribution in [1.29, 1.82) is 0 Å². The van der Waals surface area contributed by atoms with E-state index in [0.29, 0.717) is 39.1 Å². The highest BCUT2D eigenvalue weighted by Gasteiger charge is 2.36. The number of amides is 1. The lowest BCUT2D eigenvalue weighted by Gasteiger charge is -2.40. The van der Waals surface area contributed by atoms with Gasteiger partial charge in [0.15, 0.2) is 0 Å². The Labute approximate surface area is 128 Å². The van der Waals surface area contributed by atoms with Crippen LogP contribution < -0.4 is 0 Å². The van der Waals surface area contributed by atoms with Crippen molar-refractivity contribution < 1.29 is 19.4 Å². The number of hydrogen-bond acceptors (Lipinski definition) is 5. The minimum Gasteiger partial charge on any atom is -0.444 e. The van der Waals surface area contributed by atoms with Crippen molar-refractivity contribution in [2.45, 2.75) is 44.8 Å². The lowest BCUT2D eigenvalue weighted by atomic mass is 9.91. The Bertz CT molecular complexity index is 333. The summed E-state index contributed by atoms with van der Waals surface area (Å²) in [5, 5.41) is 10.6. The van der Waals surface area contributed by atoms with E-state index in [2.05, 4.69) is 4.90 Å². The van der Waals surface area contributed by atoms with Gasteiger partial charge in [0.25, 0.3) is 0 Å². The average Bonchev–Trinajstić information content (AvgIpc) is 2.34. The quantitative estimate of drug-likeness (QED) is 0.830. The van der Waals surface area contributed by atoms with Gasteiger partial charge in [0.05, 0.1) is 12.2 Å². The summed E-state index contributed by atoms with van der Waals surface area (Å²) in [6.45, 7) is 8.67. The number of likely N-dealkylation sites (tertiary alicyclic amines) is 1. The lowest BCUT2D eigenvalue weighted by molar-refractivity contribution is -0.0484. The van der Waals surface area contributed by atoms with Crippen LogP contribution in [0.15, 0.2) is 0 Å². The molecule has 1 aliphatic heterocycles. The van der Waals surface area contributed by atoms with Crippen molar-refractivity contribution >= 4 is 6.09 Å². The Morgan fingerprint density at radius 1 is 1.33 bits per heavy atom. The summed E-state index contributed by atoms with van der Waals surface area (Å²) in [6.07, 6.45) is 0.852. The molecule has 0 spiro atoms. The van der Waals surface area contributed by atoms with Crippen LogP contribution in [0.3, 0.4) is 0 Å². The monoisotopic (exact) mass is 302 g/mol. The lowest BCUT2D eigenvalue weighted by Crippen LogP contribution is -2.52. The molecule has 1 aliphatic rings. The summed E-state index contributed by atoms with van der Waals surface area (Å²) in [7, 11) is 3.64. The van der Waals surface area contributed by atoms with E-state index in [1.807, 2.05) is 27.8 Å². The van der Waals surface area contributed by atoms with E-state index >= 15 is 0 Å². The maximum absolute atomic E-state index is 12.0. The van der Waals surface area contributed by atoms with Gasteiger partial charge in [0.1, 0.15) is 5.60 Å². The van der Waals surface area contributed by atoms with Crippen LogP contribution in [0.1, 0.15) is 33.6 Å². The minimum absolute atomic E-state index is 0.294. The number of carbonyl (C=O) groups is 1. The smallest absolute Gasteiger partial charge is 0.410 e. The topological polar surface area (TPSA) is 62.2 Å². The molecule has 6 nitrogen and oxygen atoms in total. The van der Waals surface area contributed by atoms with Gasteiger partial charge in [-0.2, -0.15) is 0 Å². The summed E-state index contributed by atoms with van der Waals surface area (Å²) in [6, 6.07) is 0. The van der Waals surface area contributed by atoms with Crippen molar-refractivity contribution in [1.82, 2.24) is 9.80 Å². The first kappa shape index (κ1) is 18.2. The normalized spacial score (nSPS) is 18.9. The van der Waals surface area contributed by atoms with Crippen LogP contribution in [-0.4, -0.2) is 79.1 Å². The highest BCUT2D eigenvalue weighted by atomic mass is 16.6. The summed E-state index contributed by atoms with van der Waals surface area (Å²) in [5.41, 5.74) is -1.22. The van der Waals surface area contributed by atoms with Crippen LogP contribution in [0, 0.1) is 0 Å². The van der Waals surface area contributed by atoms with Gasteiger partial charge in [-0.05, 0) is 40.7 Å². The second-order valence-corrected chi connectivity index (χ2v) is 6.92. The van der Waals surface area contributed by atoms with E-state index in [9.17, 15) is 9.90 Å². The van der Waals surface area contributed by atoms with Crippen molar-refractivity contribution in [3.63, 3.8) is 0 Å². The maximum atomic E-state index is 12.0. The number of aliphatic hydroxyl groups is 1. The van der Waals surface area contributed by atoms with Crippen molar-refractivity contribution in [3.05, 3.63) is 0 Å². The molecule has 0 saturated carbocycles. The third-order valence-corrected chi connectivity index (χ3v) is 3.59. The van der Waals surface area contributed by atoms with Crippen LogP contribution in [-0.2, 0) is 9.47 Å². The zero-order chi connectivity index (χ0) is 16.1. The first-order valence-corrected chi connectivity index (χ1v) is 7.53. The Morgan fingerprint density at radius 2 is 1.90 bits per heavy atom. The first-order valence-electron chi connectivity index (χ1n) is 7.53. The van der Waals surface area contributed by atoms with E-state index in [4.69, 9.17) is 9.47 Å². The number of piperidine rings is 1. The molecule has 0 aromatic rings. The first-order chi connectivity index (χ1) is 9.65. The second-order valence-electron chi connectivity index (χ2n) is 6.92. The molecule has 1 fully saturated rings. The van der Waals surface area contributed by atoms with Crippen LogP contribution in [0.5, 0.6) is 0 Å². The molecule has 0 atom stereocenters. The molecule has 0 aliphatic carbocycles. The molecule has 0 radical (unpaired) electrons. The molecule has 1 amide bonds. The molecule has 6 heteroatoms. The Kier molecular flexibility index (Phi) is 6.43. The number of likely N-dealkylation sites (N-methyl/N-ethyl adjacent to an activating group) is 1. The molecule has 1 N–H and O–H groups in total. The molecule has 0 unspecified atom stereocenters. The fraction of sp³-hybridized carbons (Fsp3) is 0.933. The van der Waals surface area contributed by atoms with Gasteiger partial charge in [-0.3, -0.25) is 0 Å². The molecule has 124 valence electrons. The molecule has 21 heavy (non-hydrogen) atoms. The fourth-order valence-corrected chi connectivity index (χ4v) is 2.42. The van der Waals surface area contributed by atoms with Gasteiger partial charge in [0, 0.05) is 33.3 Å². The number of nitrogens with zero attached hydrogens (tertiary/aromatic N) is 2. The Morgan fingerprint density at radius 3 is 2.38 bits per heavy atom. The average molecular weight is 302 g/mol. The van der Waals surface area contributed by atoms with Crippen LogP contribution in [0.25, 0.3) is 0 Å². The van der Waals surface area contributed by atoms with E-state index in [1.165, 1.54) is 0 Å². The third-order valence-electron chi connectivity index (χ3n) is 3.59. The predicted octanol–water partition coefficient (Wildman–Crippen LogP) is 1.33. The summed E-state index contributed by atoms with van der Waals surface area (Å²) < 4.78 is 10.4. The Balaban J connectivity index is 2.41. The van der Waals surface area contributed by atoms with Gasteiger partial charge in [0.2, 0.25) is 0 Å². The second kappa shape index (κ2) is 7.42. The number of hydrogen-bond donors (Lipinski definition) is 1. The summed E-state index contributed by atoms with van der Waals surface area (Å²) >= 11 is 0. The van der Waals surface area contributed by atoms with E-state index in [1.54, 1.807) is 12.0 Å². The van der Waals surface area contributed by atoms with E-state index < -0.39 is 11.2 Å². The highest BCUT2D eigenvalue weighted by molar-refractivity contribution is 5.68. The summed E-state index contributed by atoms with van der Waals surface area (Å²) in [4.78, 5) is 15.7. The minimum atomic E-state index is -0.735. The number of rotatable bonds is 5. The molecule has 1 saturated heterocycles. The largest absolute Gasteiger partial charge is 0.444 e. The zero-order valence-corrected chi connectivity index (χ0v) is 14.0. The maximum Gasteiger partial charge on any atom is 0.410 e. The molecule has 0 bridgehead atoms. The van der Waals surface area contributed by atoms with Gasteiger partial charge in [-0.1, -0.05) is 0 Å². The van der Waals surface area contributed by atoms with Crippen LogP contribution >= 0.6 is 0 Å². The molecule has 0 aromatic heterocycles. The van der Waals surface area contributed by atoms with Gasteiger partial charge in [-0.25, -0.2) is 4.79 Å². The number of carbonyl (C=O) groups excluding carboxylic acids is 1. The van der Waals surface area contributed by atoms with Gasteiger partial charge < -0.3 is 24.4 Å². The molecule has 1 heterocycles. The fourth-order valence-electron chi connectivity index (χ4n) is 2.42. The SMILES string of the molecule is COCCN(C)CC1(O)CCN(C(=O)OC(C)(C)C)CC1. The van der Waals surface area contributed by atoms with Crippen LogP contribution in [0.2, 0.25) is 0 Å². The number of methoxy groups -OCH3 is 1. The molecular formula is C15H30N2O4. The zero-order valence-electron chi connectivity index (χ0n) is 14.0. The van der Waals surface area contributed by atoms with Gasteiger partial charge in [-0.15, -0.1) is 0 Å². The van der Waals surface area contributed by atoms with E-state index in [-0.39, 0.29) is 6.09 Å². The molecule has 1 rings (SSSR count). The van der Waals surface area contributed by atoms with Crippen molar-refractivity contribution in [2.75, 3.05) is 46.9 Å². The van der Waals surface area contributed by atoms with Crippen LogP contribution in [0.4, 0.5) is 4.79 Å². The summed E-state index contributed by atoms with van der Waals surface area (Å²) in [5.74, 6) is 0. The number of ether oxygens (including phenoxy) is 2. The Hall–Kier alpha value is -0.850. The third kappa shape index (κ3) is 6.63. The molecule has 0 aromatic carbocycles. The highest BCUT2D eigenvalue weighted by Crippen LogP contribution is 2.24.